The molecule has 0 heterocycles. The smallest absolute Gasteiger partial charge is 0.311 e. The zero-order valence-electron chi connectivity index (χ0n) is 12.9. The Morgan fingerprint density at radius 1 is 0.739 bits per heavy atom. The highest BCUT2D eigenvalue weighted by Crippen LogP contribution is 2.29. The fourth-order valence-electron chi connectivity index (χ4n) is 2.07. The average Bonchev–Trinajstić information content (AvgIpc) is 2.54. The summed E-state index contributed by atoms with van der Waals surface area (Å²) < 4.78 is 69.7. The number of hydrogen-bond donors (Lipinski definition) is 0. The van der Waals surface area contributed by atoms with E-state index in [0.717, 1.165) is 38.5 Å². The molecule has 0 atom stereocenters. The van der Waals surface area contributed by atoms with Crippen molar-refractivity contribution in [3.8, 4) is 5.75 Å². The first kappa shape index (κ1) is 19.4. The van der Waals surface area contributed by atoms with Gasteiger partial charge in [-0.15, -0.1) is 0 Å². The largest absolute Gasteiger partial charge is 0.420 e. The third-order valence-corrected chi connectivity index (χ3v) is 3.37. The average molecular weight is 338 g/mol. The maximum Gasteiger partial charge on any atom is 0.311 e. The molecule has 7 heteroatoms. The molecule has 0 spiro atoms. The second-order valence-corrected chi connectivity index (χ2v) is 5.24. The van der Waals surface area contributed by atoms with Crippen molar-refractivity contribution in [1.82, 2.24) is 0 Å². The van der Waals surface area contributed by atoms with E-state index in [1.165, 1.54) is 0 Å². The van der Waals surface area contributed by atoms with Gasteiger partial charge < -0.3 is 4.74 Å². The number of unbranched alkanes of at least 4 members (excludes halogenated alkanes) is 6. The molecule has 0 radical (unpaired) electrons. The zero-order chi connectivity index (χ0) is 17.4. The van der Waals surface area contributed by atoms with Crippen molar-refractivity contribution < 1.29 is 31.5 Å². The van der Waals surface area contributed by atoms with Crippen molar-refractivity contribution in [2.24, 2.45) is 0 Å². The van der Waals surface area contributed by atoms with Crippen molar-refractivity contribution in [3.63, 3.8) is 0 Å². The Labute approximate surface area is 131 Å². The van der Waals surface area contributed by atoms with E-state index >= 15 is 0 Å². The molecule has 0 unspecified atom stereocenters. The fourth-order valence-corrected chi connectivity index (χ4v) is 2.07. The van der Waals surface area contributed by atoms with Gasteiger partial charge in [0.2, 0.25) is 34.8 Å². The van der Waals surface area contributed by atoms with E-state index in [9.17, 15) is 26.7 Å². The minimum Gasteiger partial charge on any atom is -0.420 e. The third kappa shape index (κ3) is 5.48. The Hall–Kier alpha value is -1.66. The van der Waals surface area contributed by atoms with Crippen LogP contribution >= 0.6 is 0 Å². The Morgan fingerprint density at radius 3 is 1.70 bits per heavy atom. The van der Waals surface area contributed by atoms with E-state index in [0.29, 0.717) is 6.42 Å². The van der Waals surface area contributed by atoms with E-state index < -0.39 is 40.8 Å². The Morgan fingerprint density at radius 2 is 1.17 bits per heavy atom. The molecule has 1 rings (SSSR count). The summed E-state index contributed by atoms with van der Waals surface area (Å²) in [4.78, 5) is 11.5. The minimum absolute atomic E-state index is 0.146. The summed E-state index contributed by atoms with van der Waals surface area (Å²) in [6.45, 7) is 2.09. The molecule has 0 aliphatic carbocycles. The molecular weight excluding hydrogens is 319 g/mol. The summed E-state index contributed by atoms with van der Waals surface area (Å²) in [6, 6.07) is 0. The van der Waals surface area contributed by atoms with Crippen molar-refractivity contribution in [2.45, 2.75) is 58.3 Å². The Bertz CT molecular complexity index is 517. The molecule has 0 aliphatic rings. The molecule has 23 heavy (non-hydrogen) atoms. The maximum absolute atomic E-state index is 13.3. The van der Waals surface area contributed by atoms with Gasteiger partial charge in [-0.1, -0.05) is 45.4 Å². The molecule has 0 bridgehead atoms. The Kier molecular flexibility index (Phi) is 7.98. The number of rotatable bonds is 9. The molecule has 0 saturated heterocycles. The highest BCUT2D eigenvalue weighted by atomic mass is 19.2. The normalized spacial score (nSPS) is 10.9. The number of ether oxygens (including phenoxy) is 1. The highest BCUT2D eigenvalue weighted by Gasteiger charge is 2.28. The predicted molar refractivity (Wildman–Crippen MR) is 74.5 cm³/mol. The molecule has 0 N–H and O–H groups in total. The van der Waals surface area contributed by atoms with Gasteiger partial charge in [0.25, 0.3) is 0 Å². The molecule has 0 amide bonds. The van der Waals surface area contributed by atoms with Crippen LogP contribution in [-0.4, -0.2) is 5.97 Å². The first-order chi connectivity index (χ1) is 10.9. The first-order valence-electron chi connectivity index (χ1n) is 7.62. The van der Waals surface area contributed by atoms with Crippen molar-refractivity contribution in [2.75, 3.05) is 0 Å². The summed E-state index contributed by atoms with van der Waals surface area (Å²) in [6.07, 6.45) is 6.32. The third-order valence-electron chi connectivity index (χ3n) is 3.37. The van der Waals surface area contributed by atoms with Crippen LogP contribution in [0.15, 0.2) is 0 Å². The van der Waals surface area contributed by atoms with Crippen LogP contribution in [0, 0.1) is 29.1 Å². The van der Waals surface area contributed by atoms with Gasteiger partial charge in [-0.2, -0.15) is 8.78 Å². The van der Waals surface area contributed by atoms with Gasteiger partial charge in [0.15, 0.2) is 0 Å². The van der Waals surface area contributed by atoms with Gasteiger partial charge in [0.1, 0.15) is 0 Å². The molecule has 0 saturated carbocycles. The summed E-state index contributed by atoms with van der Waals surface area (Å²) in [5, 5.41) is 0. The molecule has 0 fully saturated rings. The van der Waals surface area contributed by atoms with Gasteiger partial charge in [0.05, 0.1) is 0 Å². The molecule has 2 nitrogen and oxygen atoms in total. The van der Waals surface area contributed by atoms with Gasteiger partial charge in [-0.05, 0) is 6.42 Å². The van der Waals surface area contributed by atoms with E-state index in [1.54, 1.807) is 0 Å². The predicted octanol–water partition coefficient (Wildman–Crippen LogP) is 5.43. The van der Waals surface area contributed by atoms with Crippen molar-refractivity contribution in [1.29, 1.82) is 0 Å². The molecule has 1 aromatic carbocycles. The number of benzene rings is 1. The van der Waals surface area contributed by atoms with E-state index in [1.807, 2.05) is 0 Å². The molecule has 0 aromatic heterocycles. The Balaban J connectivity index is 2.49. The monoisotopic (exact) mass is 338 g/mol. The summed E-state index contributed by atoms with van der Waals surface area (Å²) in [7, 11) is 0. The first-order valence-corrected chi connectivity index (χ1v) is 7.62. The molecule has 130 valence electrons. The molecule has 0 aliphatic heterocycles. The van der Waals surface area contributed by atoms with Crippen LogP contribution in [0.1, 0.15) is 58.3 Å². The topological polar surface area (TPSA) is 26.3 Å². The van der Waals surface area contributed by atoms with Crippen LogP contribution in [-0.2, 0) is 4.79 Å². The minimum atomic E-state index is -2.29. The quantitative estimate of drug-likeness (QED) is 0.150. The second kappa shape index (κ2) is 9.47. The van der Waals surface area contributed by atoms with Crippen LogP contribution in [0.5, 0.6) is 5.75 Å². The van der Waals surface area contributed by atoms with E-state index in [4.69, 9.17) is 0 Å². The van der Waals surface area contributed by atoms with Crippen LogP contribution in [0.4, 0.5) is 22.0 Å². The van der Waals surface area contributed by atoms with E-state index in [2.05, 4.69) is 11.7 Å². The number of hydrogen-bond acceptors (Lipinski definition) is 2. The van der Waals surface area contributed by atoms with Gasteiger partial charge >= 0.3 is 5.97 Å². The summed E-state index contributed by atoms with van der Waals surface area (Å²) >= 11 is 0. The second-order valence-electron chi connectivity index (χ2n) is 5.24. The van der Waals surface area contributed by atoms with E-state index in [-0.39, 0.29) is 6.42 Å². The van der Waals surface area contributed by atoms with Crippen LogP contribution in [0.25, 0.3) is 0 Å². The standard InChI is InChI=1S/C16H19F5O2/c1-2-3-4-5-6-7-8-9-10(22)23-16-14(20)12(18)11(17)13(19)15(16)21/h2-9H2,1H3. The number of carbonyl (C=O) groups excluding carboxylic acids is 1. The lowest BCUT2D eigenvalue weighted by molar-refractivity contribution is -0.135. The summed E-state index contributed by atoms with van der Waals surface area (Å²) in [5.41, 5.74) is 0. The lowest BCUT2D eigenvalue weighted by Crippen LogP contribution is -2.13. The number of carbonyl (C=O) groups is 1. The van der Waals surface area contributed by atoms with Crippen LogP contribution in [0.2, 0.25) is 0 Å². The maximum atomic E-state index is 13.3. The number of halogens is 5. The van der Waals surface area contributed by atoms with Crippen molar-refractivity contribution in [3.05, 3.63) is 29.1 Å². The summed E-state index contributed by atoms with van der Waals surface area (Å²) in [5.74, 6) is -13.4. The van der Waals surface area contributed by atoms with Gasteiger partial charge in [-0.25, -0.2) is 13.2 Å². The zero-order valence-corrected chi connectivity index (χ0v) is 12.9. The van der Waals surface area contributed by atoms with Crippen molar-refractivity contribution >= 4 is 5.97 Å². The lowest BCUT2D eigenvalue weighted by Gasteiger charge is -2.08. The highest BCUT2D eigenvalue weighted by molar-refractivity contribution is 5.72. The molecular formula is C16H19F5O2. The number of esters is 1. The van der Waals surface area contributed by atoms with Gasteiger partial charge in [-0.3, -0.25) is 4.79 Å². The lowest BCUT2D eigenvalue weighted by atomic mass is 10.1. The van der Waals surface area contributed by atoms with Gasteiger partial charge in [0, 0.05) is 6.42 Å². The SMILES string of the molecule is CCCCCCCCCC(=O)Oc1c(F)c(F)c(F)c(F)c1F. The fraction of sp³-hybridized carbons (Fsp3) is 0.562. The van der Waals surface area contributed by atoms with Crippen LogP contribution in [0.3, 0.4) is 0 Å². The van der Waals surface area contributed by atoms with Crippen LogP contribution < -0.4 is 4.74 Å². The molecule has 1 aromatic rings.